The summed E-state index contributed by atoms with van der Waals surface area (Å²) in [6.07, 6.45) is 6.97. The van der Waals surface area contributed by atoms with Gasteiger partial charge in [-0.25, -0.2) is 9.59 Å². The maximum absolute atomic E-state index is 12.1. The summed E-state index contributed by atoms with van der Waals surface area (Å²) in [7, 11) is 0. The molecule has 0 radical (unpaired) electrons. The molecule has 0 bridgehead atoms. The molecule has 1 aliphatic rings. The molecule has 0 spiro atoms. The third-order valence-corrected chi connectivity index (χ3v) is 4.89. The van der Waals surface area contributed by atoms with E-state index in [9.17, 15) is 9.59 Å². The van der Waals surface area contributed by atoms with Gasteiger partial charge in [0.05, 0.1) is 6.61 Å². The van der Waals surface area contributed by atoms with Crippen molar-refractivity contribution in [3.63, 3.8) is 0 Å². The third-order valence-electron chi connectivity index (χ3n) is 4.89. The average Bonchev–Trinajstić information content (AvgIpc) is 2.72. The Morgan fingerprint density at radius 3 is 2.36 bits per heavy atom. The highest BCUT2D eigenvalue weighted by Crippen LogP contribution is 2.16. The highest BCUT2D eigenvalue weighted by Gasteiger charge is 2.26. The molecule has 0 N–H and O–H groups in total. The van der Waals surface area contributed by atoms with E-state index in [0.29, 0.717) is 32.5 Å². The first-order valence-corrected chi connectivity index (χ1v) is 10.5. The second-order valence-corrected chi connectivity index (χ2v) is 7.21. The molecule has 1 heterocycles. The lowest BCUT2D eigenvalue weighted by Gasteiger charge is -2.30. The normalized spacial score (nSPS) is 14.5. The summed E-state index contributed by atoms with van der Waals surface area (Å²) in [5, 5.41) is 0. The molecule has 0 saturated carbocycles. The van der Waals surface area contributed by atoms with Gasteiger partial charge in [0.1, 0.15) is 12.7 Å². The van der Waals surface area contributed by atoms with Gasteiger partial charge in [-0.2, -0.15) is 0 Å². The van der Waals surface area contributed by atoms with Crippen molar-refractivity contribution in [3.05, 3.63) is 35.9 Å². The van der Waals surface area contributed by atoms with Crippen molar-refractivity contribution in [2.75, 3.05) is 19.7 Å². The molecule has 0 aliphatic carbocycles. The molecular formula is C22H33NO5. The number of ether oxygens (including phenoxy) is 3. The molecule has 6 heteroatoms. The van der Waals surface area contributed by atoms with Gasteiger partial charge in [0.2, 0.25) is 0 Å². The fourth-order valence-electron chi connectivity index (χ4n) is 3.17. The predicted molar refractivity (Wildman–Crippen MR) is 107 cm³/mol. The number of carbonyl (C=O) groups is 2. The van der Waals surface area contributed by atoms with E-state index in [-0.39, 0.29) is 18.8 Å². The number of unbranched alkanes of at least 4 members (excludes halogenated alkanes) is 5. The number of carbonyl (C=O) groups excluding carboxylic acids is 2. The van der Waals surface area contributed by atoms with Gasteiger partial charge in [0, 0.05) is 25.9 Å². The number of piperidine rings is 1. The molecule has 1 fully saturated rings. The highest BCUT2D eigenvalue weighted by molar-refractivity contribution is 5.67. The van der Waals surface area contributed by atoms with Crippen LogP contribution in [0.5, 0.6) is 0 Å². The average molecular weight is 392 g/mol. The van der Waals surface area contributed by atoms with Crippen molar-refractivity contribution in [1.82, 2.24) is 4.90 Å². The Labute approximate surface area is 168 Å². The van der Waals surface area contributed by atoms with Gasteiger partial charge in [0.25, 0.3) is 0 Å². The number of likely N-dealkylation sites (tertiary alicyclic amines) is 1. The molecule has 0 aromatic heterocycles. The van der Waals surface area contributed by atoms with Gasteiger partial charge in [-0.15, -0.1) is 0 Å². The van der Waals surface area contributed by atoms with Crippen LogP contribution in [-0.4, -0.2) is 42.9 Å². The van der Waals surface area contributed by atoms with Crippen molar-refractivity contribution in [2.24, 2.45) is 0 Å². The van der Waals surface area contributed by atoms with E-state index in [1.165, 1.54) is 25.7 Å². The lowest BCUT2D eigenvalue weighted by molar-refractivity contribution is -0.00150. The van der Waals surface area contributed by atoms with Crippen LogP contribution >= 0.6 is 0 Å². The minimum Gasteiger partial charge on any atom is -0.445 e. The third kappa shape index (κ3) is 8.63. The van der Waals surface area contributed by atoms with E-state index >= 15 is 0 Å². The Hall–Kier alpha value is -2.24. The molecule has 0 unspecified atom stereocenters. The van der Waals surface area contributed by atoms with Crippen molar-refractivity contribution in [3.8, 4) is 0 Å². The monoisotopic (exact) mass is 391 g/mol. The van der Waals surface area contributed by atoms with E-state index < -0.39 is 6.16 Å². The van der Waals surface area contributed by atoms with Crippen molar-refractivity contribution in [1.29, 1.82) is 0 Å². The van der Waals surface area contributed by atoms with E-state index in [1.54, 1.807) is 4.90 Å². The highest BCUT2D eigenvalue weighted by atomic mass is 16.7. The Kier molecular flexibility index (Phi) is 10.3. The van der Waals surface area contributed by atoms with Gasteiger partial charge in [0.15, 0.2) is 0 Å². The SMILES string of the molecule is CCCCCCCCOC(=O)OC1CCN(C(=O)OCc2ccccc2)CC1. The fourth-order valence-corrected chi connectivity index (χ4v) is 3.17. The smallest absolute Gasteiger partial charge is 0.445 e. The Balaban J connectivity index is 1.53. The number of rotatable bonds is 10. The molecule has 28 heavy (non-hydrogen) atoms. The number of nitrogens with zero attached hydrogens (tertiary/aromatic N) is 1. The zero-order valence-corrected chi connectivity index (χ0v) is 16.9. The standard InChI is InChI=1S/C22H33NO5/c1-2-3-4-5-6-10-17-26-22(25)28-20-13-15-23(16-14-20)21(24)27-18-19-11-8-7-9-12-19/h7-9,11-12,20H,2-6,10,13-18H2,1H3. The van der Waals surface area contributed by atoms with E-state index in [1.807, 2.05) is 30.3 Å². The first-order chi connectivity index (χ1) is 13.7. The van der Waals surface area contributed by atoms with Gasteiger partial charge in [-0.1, -0.05) is 69.4 Å². The first kappa shape index (κ1) is 22.1. The second-order valence-electron chi connectivity index (χ2n) is 7.21. The molecule has 1 aromatic carbocycles. The maximum Gasteiger partial charge on any atom is 0.508 e. The van der Waals surface area contributed by atoms with E-state index in [0.717, 1.165) is 18.4 Å². The number of amides is 1. The van der Waals surface area contributed by atoms with Crippen LogP contribution < -0.4 is 0 Å². The van der Waals surface area contributed by atoms with Crippen LogP contribution in [0.25, 0.3) is 0 Å². The molecule has 156 valence electrons. The van der Waals surface area contributed by atoms with Crippen LogP contribution in [0.1, 0.15) is 63.9 Å². The minimum absolute atomic E-state index is 0.199. The topological polar surface area (TPSA) is 65.1 Å². The Morgan fingerprint density at radius 2 is 1.64 bits per heavy atom. The lowest BCUT2D eigenvalue weighted by atomic mass is 10.1. The van der Waals surface area contributed by atoms with Gasteiger partial charge in [-0.3, -0.25) is 0 Å². The van der Waals surface area contributed by atoms with Crippen molar-refractivity contribution < 1.29 is 23.8 Å². The second kappa shape index (κ2) is 13.0. The molecule has 6 nitrogen and oxygen atoms in total. The van der Waals surface area contributed by atoms with E-state index in [4.69, 9.17) is 14.2 Å². The molecular weight excluding hydrogens is 358 g/mol. The fraction of sp³-hybridized carbons (Fsp3) is 0.636. The summed E-state index contributed by atoms with van der Waals surface area (Å²) in [5.41, 5.74) is 0.960. The Bertz CT molecular complexity index is 570. The summed E-state index contributed by atoms with van der Waals surface area (Å²) in [6, 6.07) is 9.60. The molecule has 1 amide bonds. The molecule has 2 rings (SSSR count). The summed E-state index contributed by atoms with van der Waals surface area (Å²) in [5.74, 6) is 0. The van der Waals surface area contributed by atoms with E-state index in [2.05, 4.69) is 6.92 Å². The minimum atomic E-state index is -0.598. The van der Waals surface area contributed by atoms with Crippen LogP contribution in [0.2, 0.25) is 0 Å². The number of benzene rings is 1. The summed E-state index contributed by atoms with van der Waals surface area (Å²) in [6.45, 7) is 3.90. The quantitative estimate of drug-likeness (QED) is 0.400. The largest absolute Gasteiger partial charge is 0.508 e. The Morgan fingerprint density at radius 1 is 0.964 bits per heavy atom. The molecule has 1 aliphatic heterocycles. The predicted octanol–water partition coefficient (Wildman–Crippen LogP) is 5.30. The van der Waals surface area contributed by atoms with Crippen LogP contribution in [-0.2, 0) is 20.8 Å². The van der Waals surface area contributed by atoms with Gasteiger partial charge >= 0.3 is 12.2 Å². The number of hydrogen-bond donors (Lipinski definition) is 0. The number of hydrogen-bond acceptors (Lipinski definition) is 5. The first-order valence-electron chi connectivity index (χ1n) is 10.5. The lowest BCUT2D eigenvalue weighted by Crippen LogP contribution is -2.41. The zero-order valence-electron chi connectivity index (χ0n) is 16.9. The van der Waals surface area contributed by atoms with Gasteiger partial charge < -0.3 is 19.1 Å². The van der Waals surface area contributed by atoms with Crippen molar-refractivity contribution >= 4 is 12.2 Å². The summed E-state index contributed by atoms with van der Waals surface area (Å²) < 4.78 is 15.8. The zero-order chi connectivity index (χ0) is 20.0. The van der Waals surface area contributed by atoms with Gasteiger partial charge in [-0.05, 0) is 12.0 Å². The molecule has 1 saturated heterocycles. The van der Waals surface area contributed by atoms with Crippen LogP contribution in [0, 0.1) is 0 Å². The summed E-state index contributed by atoms with van der Waals surface area (Å²) >= 11 is 0. The molecule has 0 atom stereocenters. The van der Waals surface area contributed by atoms with Crippen LogP contribution in [0.3, 0.4) is 0 Å². The summed E-state index contributed by atoms with van der Waals surface area (Å²) in [4.78, 5) is 25.6. The molecule has 1 aromatic rings. The van der Waals surface area contributed by atoms with Crippen molar-refractivity contribution in [2.45, 2.75) is 71.0 Å². The van der Waals surface area contributed by atoms with Crippen LogP contribution in [0.15, 0.2) is 30.3 Å². The van der Waals surface area contributed by atoms with Crippen LogP contribution in [0.4, 0.5) is 9.59 Å². The maximum atomic E-state index is 12.1.